The number of aryl methyl sites for hydroxylation is 1. The Hall–Kier alpha value is -3.48. The number of fused-ring (bicyclic) bond motifs is 4. The predicted molar refractivity (Wildman–Crippen MR) is 94.9 cm³/mol. The summed E-state index contributed by atoms with van der Waals surface area (Å²) in [6.45, 7) is 0.292. The van der Waals surface area contributed by atoms with Gasteiger partial charge in [0.05, 0.1) is 6.54 Å². The third-order valence-electron chi connectivity index (χ3n) is 4.64. The van der Waals surface area contributed by atoms with Gasteiger partial charge in [0, 0.05) is 12.4 Å². The smallest absolute Gasteiger partial charge is 0.331 e. The van der Waals surface area contributed by atoms with Gasteiger partial charge in [-0.3, -0.25) is 13.9 Å². The maximum atomic E-state index is 12.9. The van der Waals surface area contributed by atoms with Gasteiger partial charge >= 0.3 is 5.69 Å². The van der Waals surface area contributed by atoms with Gasteiger partial charge in [-0.2, -0.15) is 0 Å². The molecule has 26 heavy (non-hydrogen) atoms. The number of furan rings is 1. The minimum atomic E-state index is -0.447. The second-order valence-corrected chi connectivity index (χ2v) is 6.20. The summed E-state index contributed by atoms with van der Waals surface area (Å²) in [5.74, 6) is 1.26. The van der Waals surface area contributed by atoms with Gasteiger partial charge in [-0.15, -0.1) is 0 Å². The third kappa shape index (κ3) is 2.00. The molecule has 0 spiro atoms. The molecule has 5 rings (SSSR count). The molecule has 0 radical (unpaired) electrons. The summed E-state index contributed by atoms with van der Waals surface area (Å²) < 4.78 is 19.0. The first-order chi connectivity index (χ1) is 12.6. The van der Waals surface area contributed by atoms with Gasteiger partial charge in [0.1, 0.15) is 11.1 Å². The molecule has 0 fully saturated rings. The van der Waals surface area contributed by atoms with Crippen molar-refractivity contribution in [1.29, 1.82) is 0 Å². The van der Waals surface area contributed by atoms with Crippen LogP contribution in [0.3, 0.4) is 0 Å². The van der Waals surface area contributed by atoms with Crippen LogP contribution in [0.15, 0.2) is 56.5 Å². The predicted octanol–water partition coefficient (Wildman–Crippen LogP) is 2.22. The summed E-state index contributed by atoms with van der Waals surface area (Å²) in [5, 5.41) is 0.745. The van der Waals surface area contributed by atoms with Crippen LogP contribution in [0.5, 0.6) is 11.5 Å². The lowest BCUT2D eigenvalue weighted by Crippen LogP contribution is -2.39. The molecule has 1 aliphatic heterocycles. The fourth-order valence-electron chi connectivity index (χ4n) is 3.36. The van der Waals surface area contributed by atoms with Crippen molar-refractivity contribution in [1.82, 2.24) is 9.13 Å². The van der Waals surface area contributed by atoms with Gasteiger partial charge in [-0.05, 0) is 29.8 Å². The number of hydrogen-bond donors (Lipinski definition) is 0. The monoisotopic (exact) mass is 350 g/mol. The number of hydrogen-bond acceptors (Lipinski definition) is 5. The highest BCUT2D eigenvalue weighted by Gasteiger charge is 2.19. The highest BCUT2D eigenvalue weighted by molar-refractivity contribution is 6.02. The second-order valence-electron chi connectivity index (χ2n) is 6.20. The van der Waals surface area contributed by atoms with E-state index in [0.717, 1.165) is 10.9 Å². The Labute approximate surface area is 146 Å². The van der Waals surface area contributed by atoms with Crippen LogP contribution in [0.25, 0.3) is 22.1 Å². The Balaban J connectivity index is 1.72. The fourth-order valence-corrected chi connectivity index (χ4v) is 3.36. The lowest BCUT2D eigenvalue weighted by Gasteiger charge is -2.08. The Kier molecular flexibility index (Phi) is 3.00. The number of benzene rings is 2. The van der Waals surface area contributed by atoms with Gasteiger partial charge in [0.25, 0.3) is 5.56 Å². The Morgan fingerprint density at radius 1 is 1.04 bits per heavy atom. The van der Waals surface area contributed by atoms with E-state index >= 15 is 0 Å². The van der Waals surface area contributed by atoms with Crippen molar-refractivity contribution in [2.45, 2.75) is 6.54 Å². The lowest BCUT2D eigenvalue weighted by atomic mass is 10.2. The Morgan fingerprint density at radius 3 is 2.73 bits per heavy atom. The van der Waals surface area contributed by atoms with E-state index in [1.807, 2.05) is 24.3 Å². The van der Waals surface area contributed by atoms with E-state index in [1.54, 1.807) is 25.2 Å². The molecule has 3 heterocycles. The average molecular weight is 350 g/mol. The topological polar surface area (TPSA) is 75.6 Å². The first-order valence-electron chi connectivity index (χ1n) is 8.13. The van der Waals surface area contributed by atoms with Crippen molar-refractivity contribution in [3.05, 3.63) is 68.9 Å². The van der Waals surface area contributed by atoms with Gasteiger partial charge in [0.15, 0.2) is 11.5 Å². The third-order valence-corrected chi connectivity index (χ3v) is 4.64. The molecule has 2 aromatic carbocycles. The molecule has 7 nitrogen and oxygen atoms in total. The van der Waals surface area contributed by atoms with Crippen molar-refractivity contribution >= 4 is 22.1 Å². The van der Waals surface area contributed by atoms with Crippen molar-refractivity contribution in [2.75, 3.05) is 6.79 Å². The van der Waals surface area contributed by atoms with Gasteiger partial charge in [0.2, 0.25) is 12.4 Å². The van der Waals surface area contributed by atoms with Gasteiger partial charge < -0.3 is 13.9 Å². The zero-order chi connectivity index (χ0) is 17.8. The minimum absolute atomic E-state index is 0.120. The van der Waals surface area contributed by atoms with Crippen molar-refractivity contribution in [2.24, 2.45) is 7.05 Å². The Bertz CT molecular complexity index is 1300. The van der Waals surface area contributed by atoms with E-state index in [9.17, 15) is 9.59 Å². The maximum Gasteiger partial charge on any atom is 0.331 e. The molecule has 1 aliphatic rings. The summed E-state index contributed by atoms with van der Waals surface area (Å²) in [6.07, 6.45) is 0. The minimum Gasteiger partial charge on any atom is -0.454 e. The van der Waals surface area contributed by atoms with E-state index in [4.69, 9.17) is 13.9 Å². The summed E-state index contributed by atoms with van der Waals surface area (Å²) in [5.41, 5.74) is 1.19. The van der Waals surface area contributed by atoms with Crippen LogP contribution in [-0.4, -0.2) is 15.9 Å². The molecule has 7 heteroatoms. The molecule has 0 unspecified atom stereocenters. The average Bonchev–Trinajstić information content (AvgIpc) is 3.27. The zero-order valence-electron chi connectivity index (χ0n) is 13.9. The van der Waals surface area contributed by atoms with Crippen molar-refractivity contribution in [3.8, 4) is 11.5 Å². The first kappa shape index (κ1) is 14.8. The van der Waals surface area contributed by atoms with Crippen LogP contribution in [0.2, 0.25) is 0 Å². The molecule has 2 aromatic heterocycles. The SMILES string of the molecule is Cn1c(=O)n(Cc2ccc3c(c2)OCO3)c(=O)c2oc3ccccc3c21. The number of ether oxygens (including phenoxy) is 2. The molecule has 4 aromatic rings. The van der Waals surface area contributed by atoms with Crippen LogP contribution in [-0.2, 0) is 13.6 Å². The number of rotatable bonds is 2. The van der Waals surface area contributed by atoms with Crippen molar-refractivity contribution in [3.63, 3.8) is 0 Å². The van der Waals surface area contributed by atoms with Crippen LogP contribution in [0.4, 0.5) is 0 Å². The van der Waals surface area contributed by atoms with Crippen molar-refractivity contribution < 1.29 is 13.9 Å². The molecule has 0 bridgehead atoms. The standard InChI is InChI=1S/C19H14N2O5/c1-20-16-12-4-2-3-5-13(12)26-17(16)18(22)21(19(20)23)9-11-6-7-14-15(8-11)25-10-24-14/h2-8H,9-10H2,1H3. The highest BCUT2D eigenvalue weighted by atomic mass is 16.7. The number of aromatic nitrogens is 2. The van der Waals surface area contributed by atoms with Gasteiger partial charge in [-0.25, -0.2) is 4.79 Å². The molecule has 0 atom stereocenters. The first-order valence-corrected chi connectivity index (χ1v) is 8.13. The molecule has 0 N–H and O–H groups in total. The van der Waals surface area contributed by atoms with Gasteiger partial charge in [-0.1, -0.05) is 18.2 Å². The molecular weight excluding hydrogens is 336 g/mol. The molecule has 0 saturated carbocycles. The van der Waals surface area contributed by atoms with Crippen LogP contribution in [0, 0.1) is 0 Å². The van der Waals surface area contributed by atoms with Crippen LogP contribution in [0.1, 0.15) is 5.56 Å². The molecule has 0 aliphatic carbocycles. The van der Waals surface area contributed by atoms with Crippen LogP contribution < -0.4 is 20.7 Å². The normalized spacial score (nSPS) is 13.0. The fraction of sp³-hybridized carbons (Fsp3) is 0.158. The van der Waals surface area contributed by atoms with E-state index < -0.39 is 11.2 Å². The summed E-state index contributed by atoms with van der Waals surface area (Å²) in [4.78, 5) is 25.7. The van der Waals surface area contributed by atoms with E-state index in [0.29, 0.717) is 22.6 Å². The van der Waals surface area contributed by atoms with E-state index in [1.165, 1.54) is 9.13 Å². The summed E-state index contributed by atoms with van der Waals surface area (Å²) in [6, 6.07) is 12.6. The molecule has 130 valence electrons. The quantitative estimate of drug-likeness (QED) is 0.554. The molecule has 0 saturated heterocycles. The summed E-state index contributed by atoms with van der Waals surface area (Å²) in [7, 11) is 1.64. The number of para-hydroxylation sites is 1. The largest absolute Gasteiger partial charge is 0.454 e. The van der Waals surface area contributed by atoms with E-state index in [2.05, 4.69) is 0 Å². The van der Waals surface area contributed by atoms with Crippen LogP contribution >= 0.6 is 0 Å². The number of nitrogens with zero attached hydrogens (tertiary/aromatic N) is 2. The summed E-state index contributed by atoms with van der Waals surface area (Å²) >= 11 is 0. The Morgan fingerprint density at radius 2 is 1.85 bits per heavy atom. The zero-order valence-corrected chi connectivity index (χ0v) is 13.9. The van der Waals surface area contributed by atoms with E-state index in [-0.39, 0.29) is 18.9 Å². The second kappa shape index (κ2) is 5.26. The molecule has 0 amide bonds. The highest BCUT2D eigenvalue weighted by Crippen LogP contribution is 2.32. The maximum absolute atomic E-state index is 12.9. The lowest BCUT2D eigenvalue weighted by molar-refractivity contribution is 0.174. The molecular formula is C19H14N2O5.